The van der Waals surface area contributed by atoms with Crippen molar-refractivity contribution in [3.05, 3.63) is 29.8 Å². The van der Waals surface area contributed by atoms with Gasteiger partial charge in [-0.1, -0.05) is 25.1 Å². The lowest BCUT2D eigenvalue weighted by Gasteiger charge is -2.24. The Hall–Kier alpha value is -1.16. The van der Waals surface area contributed by atoms with E-state index in [4.69, 9.17) is 9.84 Å². The highest BCUT2D eigenvalue weighted by atomic mass is 32.2. The van der Waals surface area contributed by atoms with Crippen LogP contribution in [0.25, 0.3) is 0 Å². The van der Waals surface area contributed by atoms with Crippen LogP contribution in [0.15, 0.2) is 24.3 Å². The molecule has 0 aromatic heterocycles. The number of hydrogen-bond donors (Lipinski definition) is 1. The molecule has 1 unspecified atom stereocenters. The van der Waals surface area contributed by atoms with E-state index in [2.05, 4.69) is 0 Å². The van der Waals surface area contributed by atoms with E-state index >= 15 is 0 Å². The van der Waals surface area contributed by atoms with Crippen LogP contribution in [0.2, 0.25) is 0 Å². The van der Waals surface area contributed by atoms with Crippen LogP contribution in [0.3, 0.4) is 0 Å². The summed E-state index contributed by atoms with van der Waals surface area (Å²) in [5.74, 6) is 2.01. The van der Waals surface area contributed by atoms with Crippen molar-refractivity contribution < 1.29 is 14.6 Å². The van der Waals surface area contributed by atoms with Crippen molar-refractivity contribution in [2.75, 3.05) is 11.5 Å². The molecule has 19 heavy (non-hydrogen) atoms. The molecular weight excluding hydrogens is 260 g/mol. The van der Waals surface area contributed by atoms with E-state index in [1.165, 1.54) is 0 Å². The number of hydrogen-bond acceptors (Lipinski definition) is 3. The number of thioether (sulfide) groups is 1. The fourth-order valence-corrected chi connectivity index (χ4v) is 3.24. The third-order valence-corrected chi connectivity index (χ3v) is 4.43. The minimum atomic E-state index is -0.760. The summed E-state index contributed by atoms with van der Waals surface area (Å²) in [6, 6.07) is 7.80. The topological polar surface area (TPSA) is 46.5 Å². The second kappa shape index (κ2) is 6.85. The smallest absolute Gasteiger partial charge is 0.306 e. The van der Waals surface area contributed by atoms with Crippen LogP contribution >= 0.6 is 11.8 Å². The fourth-order valence-electron chi connectivity index (χ4n) is 2.18. The summed E-state index contributed by atoms with van der Waals surface area (Å²) >= 11 is 1.97. The minimum absolute atomic E-state index is 0.280. The molecule has 4 heteroatoms. The zero-order chi connectivity index (χ0) is 13.7. The molecule has 0 bridgehead atoms. The van der Waals surface area contributed by atoms with Crippen molar-refractivity contribution in [1.82, 2.24) is 0 Å². The van der Waals surface area contributed by atoms with Gasteiger partial charge in [-0.2, -0.15) is 11.8 Å². The summed E-state index contributed by atoms with van der Waals surface area (Å²) in [4.78, 5) is 11.0. The van der Waals surface area contributed by atoms with E-state index in [9.17, 15) is 4.79 Å². The Morgan fingerprint density at radius 3 is 2.79 bits per heavy atom. The summed E-state index contributed by atoms with van der Waals surface area (Å²) in [7, 11) is 0. The average Bonchev–Trinajstić information content (AvgIpc) is 2.42. The first-order chi connectivity index (χ1) is 9.16. The number of carboxylic acids is 1. The number of carboxylic acid groups (broad SMARTS) is 1. The van der Waals surface area contributed by atoms with Gasteiger partial charge in [-0.25, -0.2) is 0 Å². The number of ether oxygens (including phenoxy) is 1. The third-order valence-electron chi connectivity index (χ3n) is 3.38. The van der Waals surface area contributed by atoms with Crippen molar-refractivity contribution >= 4 is 17.7 Å². The molecular formula is C15H20O3S. The highest BCUT2D eigenvalue weighted by Gasteiger charge is 2.18. The molecule has 1 aliphatic rings. The van der Waals surface area contributed by atoms with Gasteiger partial charge in [-0.3, -0.25) is 4.79 Å². The Morgan fingerprint density at radius 2 is 2.11 bits per heavy atom. The molecule has 1 saturated heterocycles. The van der Waals surface area contributed by atoms with Crippen LogP contribution < -0.4 is 4.74 Å². The SMILES string of the molecule is CC(Cc1ccccc1OC1CCSCC1)C(=O)O. The lowest BCUT2D eigenvalue weighted by Crippen LogP contribution is -2.23. The van der Waals surface area contributed by atoms with Crippen molar-refractivity contribution in [1.29, 1.82) is 0 Å². The lowest BCUT2D eigenvalue weighted by molar-refractivity contribution is -0.141. The molecule has 0 saturated carbocycles. The predicted octanol–water partition coefficient (Wildman–Crippen LogP) is 3.22. The molecule has 2 rings (SSSR count). The number of carbonyl (C=O) groups is 1. The standard InChI is InChI=1S/C15H20O3S/c1-11(15(16)17)10-12-4-2-3-5-14(12)18-13-6-8-19-9-7-13/h2-5,11,13H,6-10H2,1H3,(H,16,17). The maximum Gasteiger partial charge on any atom is 0.306 e. The van der Waals surface area contributed by atoms with Gasteiger partial charge >= 0.3 is 5.97 Å². The van der Waals surface area contributed by atoms with Gasteiger partial charge < -0.3 is 9.84 Å². The molecule has 0 aliphatic carbocycles. The van der Waals surface area contributed by atoms with Gasteiger partial charge in [0.1, 0.15) is 11.9 Å². The monoisotopic (exact) mass is 280 g/mol. The Labute approximate surface area is 118 Å². The van der Waals surface area contributed by atoms with Crippen LogP contribution in [-0.2, 0) is 11.2 Å². The molecule has 104 valence electrons. The number of aliphatic carboxylic acids is 1. The lowest BCUT2D eigenvalue weighted by atomic mass is 10.0. The normalized spacial score (nSPS) is 17.9. The summed E-state index contributed by atoms with van der Waals surface area (Å²) in [6.07, 6.45) is 2.95. The van der Waals surface area contributed by atoms with Gasteiger partial charge in [0.15, 0.2) is 0 Å². The van der Waals surface area contributed by atoms with Crippen LogP contribution in [0.5, 0.6) is 5.75 Å². The van der Waals surface area contributed by atoms with Gasteiger partial charge in [0.25, 0.3) is 0 Å². The first-order valence-corrected chi connectivity index (χ1v) is 7.87. The van der Waals surface area contributed by atoms with E-state index in [0.717, 1.165) is 35.7 Å². The number of para-hydroxylation sites is 1. The van der Waals surface area contributed by atoms with Gasteiger partial charge in [-0.15, -0.1) is 0 Å². The van der Waals surface area contributed by atoms with Crippen molar-refractivity contribution in [2.24, 2.45) is 5.92 Å². The summed E-state index contributed by atoms with van der Waals surface area (Å²) in [5, 5.41) is 9.01. The predicted molar refractivity (Wildman–Crippen MR) is 77.9 cm³/mol. The summed E-state index contributed by atoms with van der Waals surface area (Å²) in [5.41, 5.74) is 0.996. The molecule has 3 nitrogen and oxygen atoms in total. The zero-order valence-corrected chi connectivity index (χ0v) is 12.0. The van der Waals surface area contributed by atoms with Gasteiger partial charge in [0, 0.05) is 0 Å². The van der Waals surface area contributed by atoms with Crippen LogP contribution in [-0.4, -0.2) is 28.7 Å². The third kappa shape index (κ3) is 4.16. The Balaban J connectivity index is 2.04. The Kier molecular flexibility index (Phi) is 5.14. The first kappa shape index (κ1) is 14.3. The van der Waals surface area contributed by atoms with Crippen molar-refractivity contribution in [3.8, 4) is 5.75 Å². The molecule has 0 amide bonds. The largest absolute Gasteiger partial charge is 0.490 e. The van der Waals surface area contributed by atoms with Gasteiger partial charge in [0.2, 0.25) is 0 Å². The van der Waals surface area contributed by atoms with E-state index < -0.39 is 5.97 Å². The molecule has 1 aromatic carbocycles. The Morgan fingerprint density at radius 1 is 1.42 bits per heavy atom. The van der Waals surface area contributed by atoms with Crippen LogP contribution in [0.4, 0.5) is 0 Å². The molecule has 1 heterocycles. The second-order valence-electron chi connectivity index (χ2n) is 4.98. The number of benzene rings is 1. The molecule has 0 spiro atoms. The van der Waals surface area contributed by atoms with E-state index in [1.54, 1.807) is 6.92 Å². The summed E-state index contributed by atoms with van der Waals surface area (Å²) < 4.78 is 6.06. The maximum atomic E-state index is 11.0. The minimum Gasteiger partial charge on any atom is -0.490 e. The van der Waals surface area contributed by atoms with E-state index in [-0.39, 0.29) is 12.0 Å². The average molecular weight is 280 g/mol. The van der Waals surface area contributed by atoms with Crippen molar-refractivity contribution in [3.63, 3.8) is 0 Å². The van der Waals surface area contributed by atoms with E-state index in [1.807, 2.05) is 36.0 Å². The quantitative estimate of drug-likeness (QED) is 0.899. The van der Waals surface area contributed by atoms with Crippen LogP contribution in [0, 0.1) is 5.92 Å². The highest BCUT2D eigenvalue weighted by Crippen LogP contribution is 2.27. The fraction of sp³-hybridized carbons (Fsp3) is 0.533. The van der Waals surface area contributed by atoms with E-state index in [0.29, 0.717) is 6.42 Å². The van der Waals surface area contributed by atoms with Crippen LogP contribution in [0.1, 0.15) is 25.3 Å². The molecule has 1 aromatic rings. The van der Waals surface area contributed by atoms with Gasteiger partial charge in [-0.05, 0) is 42.4 Å². The Bertz CT molecular complexity index is 427. The number of rotatable bonds is 5. The van der Waals surface area contributed by atoms with Gasteiger partial charge in [0.05, 0.1) is 5.92 Å². The maximum absolute atomic E-state index is 11.0. The second-order valence-corrected chi connectivity index (χ2v) is 6.21. The molecule has 0 radical (unpaired) electrons. The first-order valence-electron chi connectivity index (χ1n) is 6.72. The molecule has 1 atom stereocenters. The van der Waals surface area contributed by atoms with Crippen molar-refractivity contribution in [2.45, 2.75) is 32.3 Å². The molecule has 1 N–H and O–H groups in total. The summed E-state index contributed by atoms with van der Waals surface area (Å²) in [6.45, 7) is 1.73. The zero-order valence-electron chi connectivity index (χ0n) is 11.2. The molecule has 1 aliphatic heterocycles. The molecule has 1 fully saturated rings. The highest BCUT2D eigenvalue weighted by molar-refractivity contribution is 7.99.